The zero-order valence-electron chi connectivity index (χ0n) is 11.5. The van der Waals surface area contributed by atoms with Gasteiger partial charge in [0, 0.05) is 5.75 Å². The van der Waals surface area contributed by atoms with Gasteiger partial charge >= 0.3 is 5.97 Å². The van der Waals surface area contributed by atoms with E-state index in [1.165, 1.54) is 11.6 Å². The molecular weight excluding hydrogens is 286 g/mol. The third-order valence-electron chi connectivity index (χ3n) is 2.88. The van der Waals surface area contributed by atoms with Crippen LogP contribution in [-0.4, -0.2) is 16.3 Å². The minimum absolute atomic E-state index is 0.0850. The maximum atomic E-state index is 11.9. The number of amides is 1. The molecule has 0 radical (unpaired) electrons. The van der Waals surface area contributed by atoms with Gasteiger partial charge in [0.25, 0.3) is 5.24 Å². The quantitative estimate of drug-likeness (QED) is 0.890. The molecule has 21 heavy (non-hydrogen) atoms. The Balaban J connectivity index is 1.96. The molecular formula is C16H15NO3S. The predicted molar refractivity (Wildman–Crippen MR) is 84.9 cm³/mol. The van der Waals surface area contributed by atoms with Crippen molar-refractivity contribution in [2.45, 2.75) is 12.7 Å². The van der Waals surface area contributed by atoms with Gasteiger partial charge in [0.05, 0.1) is 11.3 Å². The van der Waals surface area contributed by atoms with E-state index in [2.05, 4.69) is 5.32 Å². The summed E-state index contributed by atoms with van der Waals surface area (Å²) in [5.41, 5.74) is 2.61. The number of rotatable bonds is 4. The highest BCUT2D eigenvalue weighted by Crippen LogP contribution is 2.19. The molecule has 2 rings (SSSR count). The van der Waals surface area contributed by atoms with Crippen LogP contribution in [0.3, 0.4) is 0 Å². The van der Waals surface area contributed by atoms with Gasteiger partial charge in [-0.25, -0.2) is 4.79 Å². The van der Waals surface area contributed by atoms with Crippen molar-refractivity contribution < 1.29 is 14.7 Å². The van der Waals surface area contributed by atoms with Crippen LogP contribution in [0, 0.1) is 6.92 Å². The molecule has 0 saturated carbocycles. The summed E-state index contributed by atoms with van der Waals surface area (Å²) >= 11 is 1.11. The number of hydrogen-bond donors (Lipinski definition) is 2. The van der Waals surface area contributed by atoms with E-state index in [0.717, 1.165) is 17.3 Å². The van der Waals surface area contributed by atoms with Crippen molar-refractivity contribution in [1.29, 1.82) is 0 Å². The Morgan fingerprint density at radius 2 is 1.76 bits per heavy atom. The van der Waals surface area contributed by atoms with E-state index in [1.54, 1.807) is 18.2 Å². The topological polar surface area (TPSA) is 66.4 Å². The highest BCUT2D eigenvalue weighted by Gasteiger charge is 2.11. The molecule has 1 amide bonds. The number of thioether (sulfide) groups is 1. The second-order valence-corrected chi connectivity index (χ2v) is 5.49. The molecule has 0 bridgehead atoms. The fourth-order valence-electron chi connectivity index (χ4n) is 1.76. The van der Waals surface area contributed by atoms with Gasteiger partial charge in [-0.15, -0.1) is 0 Å². The molecule has 2 aromatic rings. The van der Waals surface area contributed by atoms with Crippen molar-refractivity contribution in [3.05, 3.63) is 65.2 Å². The summed E-state index contributed by atoms with van der Waals surface area (Å²) in [7, 11) is 0. The zero-order chi connectivity index (χ0) is 15.2. The first-order chi connectivity index (χ1) is 10.1. The van der Waals surface area contributed by atoms with Gasteiger partial charge in [0.15, 0.2) is 0 Å². The first kappa shape index (κ1) is 15.1. The van der Waals surface area contributed by atoms with Crippen LogP contribution < -0.4 is 5.32 Å². The number of aryl methyl sites for hydroxylation is 1. The van der Waals surface area contributed by atoms with E-state index in [-0.39, 0.29) is 10.8 Å². The number of aromatic carboxylic acids is 1. The highest BCUT2D eigenvalue weighted by atomic mass is 32.2. The molecule has 0 unspecified atom stereocenters. The fraction of sp³-hybridized carbons (Fsp3) is 0.125. The normalized spacial score (nSPS) is 10.1. The molecule has 0 fully saturated rings. The van der Waals surface area contributed by atoms with Gasteiger partial charge in [-0.2, -0.15) is 0 Å². The molecule has 0 saturated heterocycles. The predicted octanol–water partition coefficient (Wildman–Crippen LogP) is 4.16. The summed E-state index contributed by atoms with van der Waals surface area (Å²) in [4.78, 5) is 22.9. The summed E-state index contributed by atoms with van der Waals surface area (Å²) in [5.74, 6) is -0.518. The summed E-state index contributed by atoms with van der Waals surface area (Å²) in [6.07, 6.45) is 0. The molecule has 2 aromatic carbocycles. The lowest BCUT2D eigenvalue weighted by atomic mass is 10.2. The van der Waals surface area contributed by atoms with E-state index < -0.39 is 5.97 Å². The number of hydrogen-bond acceptors (Lipinski definition) is 3. The van der Waals surface area contributed by atoms with Crippen LogP contribution in [0.2, 0.25) is 0 Å². The Labute approximate surface area is 127 Å². The molecule has 108 valence electrons. The number of nitrogens with one attached hydrogen (secondary N) is 1. The summed E-state index contributed by atoms with van der Waals surface area (Å²) in [6.45, 7) is 2.01. The third-order valence-corrected chi connectivity index (χ3v) is 3.73. The minimum Gasteiger partial charge on any atom is -0.478 e. The Morgan fingerprint density at radius 3 is 2.43 bits per heavy atom. The number of benzene rings is 2. The van der Waals surface area contributed by atoms with E-state index in [1.807, 2.05) is 31.2 Å². The Hall–Kier alpha value is -2.27. The van der Waals surface area contributed by atoms with Crippen LogP contribution in [0.5, 0.6) is 0 Å². The van der Waals surface area contributed by atoms with Crippen molar-refractivity contribution in [3.63, 3.8) is 0 Å². The number of carboxylic acids is 1. The van der Waals surface area contributed by atoms with Crippen LogP contribution in [-0.2, 0) is 5.75 Å². The van der Waals surface area contributed by atoms with Gasteiger partial charge in [-0.1, -0.05) is 53.7 Å². The minimum atomic E-state index is -1.06. The molecule has 0 aliphatic heterocycles. The Kier molecular flexibility index (Phi) is 5.00. The van der Waals surface area contributed by atoms with E-state index >= 15 is 0 Å². The van der Waals surface area contributed by atoms with Gasteiger partial charge in [-0.3, -0.25) is 4.79 Å². The molecule has 0 heterocycles. The maximum Gasteiger partial charge on any atom is 0.337 e. The maximum absolute atomic E-state index is 11.9. The Bertz CT molecular complexity index is 653. The van der Waals surface area contributed by atoms with Gasteiger partial charge in [0.2, 0.25) is 0 Å². The lowest BCUT2D eigenvalue weighted by molar-refractivity contribution is 0.0698. The van der Waals surface area contributed by atoms with E-state index in [9.17, 15) is 9.59 Å². The fourth-order valence-corrected chi connectivity index (χ4v) is 2.43. The molecule has 4 nitrogen and oxygen atoms in total. The third kappa shape index (κ3) is 4.36. The van der Waals surface area contributed by atoms with E-state index in [0.29, 0.717) is 11.4 Å². The number of carbonyl (C=O) groups is 2. The molecule has 0 atom stereocenters. The highest BCUT2D eigenvalue weighted by molar-refractivity contribution is 8.13. The number of carboxylic acid groups (broad SMARTS) is 1. The van der Waals surface area contributed by atoms with Crippen molar-refractivity contribution in [2.75, 3.05) is 5.32 Å². The summed E-state index contributed by atoms with van der Waals surface area (Å²) in [6, 6.07) is 14.3. The average Bonchev–Trinajstić information content (AvgIpc) is 2.47. The first-order valence-electron chi connectivity index (χ1n) is 6.38. The van der Waals surface area contributed by atoms with Crippen LogP contribution in [0.15, 0.2) is 48.5 Å². The number of anilines is 1. The number of para-hydroxylation sites is 1. The monoisotopic (exact) mass is 301 g/mol. The first-order valence-corrected chi connectivity index (χ1v) is 7.36. The van der Waals surface area contributed by atoms with Gasteiger partial charge in [0.1, 0.15) is 0 Å². The van der Waals surface area contributed by atoms with Crippen molar-refractivity contribution in [2.24, 2.45) is 0 Å². The smallest absolute Gasteiger partial charge is 0.337 e. The zero-order valence-corrected chi connectivity index (χ0v) is 12.3. The number of carbonyl (C=O) groups excluding carboxylic acids is 1. The van der Waals surface area contributed by atoms with Crippen LogP contribution in [0.1, 0.15) is 21.5 Å². The average molecular weight is 301 g/mol. The second kappa shape index (κ2) is 6.95. The van der Waals surface area contributed by atoms with E-state index in [4.69, 9.17) is 5.11 Å². The standard InChI is InChI=1S/C16H15NO3S/c1-11-6-8-12(9-7-11)10-21-16(20)17-14-5-3-2-4-13(14)15(18)19/h2-9H,10H2,1H3,(H,17,20)(H,18,19). The largest absolute Gasteiger partial charge is 0.478 e. The van der Waals surface area contributed by atoms with Gasteiger partial charge < -0.3 is 10.4 Å². The Morgan fingerprint density at radius 1 is 1.10 bits per heavy atom. The molecule has 0 aliphatic carbocycles. The van der Waals surface area contributed by atoms with Crippen molar-refractivity contribution in [3.8, 4) is 0 Å². The van der Waals surface area contributed by atoms with Gasteiger partial charge in [-0.05, 0) is 24.6 Å². The molecule has 0 aliphatic rings. The van der Waals surface area contributed by atoms with Crippen LogP contribution in [0.4, 0.5) is 10.5 Å². The lowest BCUT2D eigenvalue weighted by Gasteiger charge is -2.07. The van der Waals surface area contributed by atoms with Crippen LogP contribution in [0.25, 0.3) is 0 Å². The summed E-state index contributed by atoms with van der Waals surface area (Å²) in [5, 5.41) is 11.4. The van der Waals surface area contributed by atoms with Crippen LogP contribution >= 0.6 is 11.8 Å². The molecule has 5 heteroatoms. The molecule has 2 N–H and O–H groups in total. The SMILES string of the molecule is Cc1ccc(CSC(=O)Nc2ccccc2C(=O)O)cc1. The second-order valence-electron chi connectivity index (χ2n) is 4.54. The molecule has 0 aromatic heterocycles. The van der Waals surface area contributed by atoms with Crippen molar-refractivity contribution >= 4 is 28.7 Å². The molecule has 0 spiro atoms. The van der Waals surface area contributed by atoms with Crippen molar-refractivity contribution in [1.82, 2.24) is 0 Å². The lowest BCUT2D eigenvalue weighted by Crippen LogP contribution is -2.10. The summed E-state index contributed by atoms with van der Waals surface area (Å²) < 4.78 is 0.